The highest BCUT2D eigenvalue weighted by Gasteiger charge is 2.34. The molecule has 0 spiro atoms. The van der Waals surface area contributed by atoms with Gasteiger partial charge in [0.25, 0.3) is 0 Å². The van der Waals surface area contributed by atoms with Crippen LogP contribution in [0.3, 0.4) is 0 Å². The molecule has 0 saturated carbocycles. The average molecular weight is 373 g/mol. The summed E-state index contributed by atoms with van der Waals surface area (Å²) in [5.74, 6) is -0.744. The zero-order valence-corrected chi connectivity index (χ0v) is 15.3. The summed E-state index contributed by atoms with van der Waals surface area (Å²) in [5.41, 5.74) is 1.42. The number of benzene rings is 1. The predicted molar refractivity (Wildman–Crippen MR) is 93.9 cm³/mol. The molecule has 2 rings (SSSR count). The van der Waals surface area contributed by atoms with Crippen LogP contribution in [0, 0.1) is 6.92 Å². The van der Waals surface area contributed by atoms with Gasteiger partial charge in [-0.3, -0.25) is 9.59 Å². The molecule has 6 nitrogen and oxygen atoms in total. The Morgan fingerprint density at radius 1 is 1.38 bits per heavy atom. The quantitative estimate of drug-likeness (QED) is 0.801. The third-order valence-corrected chi connectivity index (χ3v) is 6.24. The lowest BCUT2D eigenvalue weighted by molar-refractivity contribution is -0.135. The van der Waals surface area contributed by atoms with E-state index in [0.29, 0.717) is 23.7 Å². The summed E-state index contributed by atoms with van der Waals surface area (Å²) in [6.07, 6.45) is 0.104. The standard InChI is InChI=1S/C16H21ClN2O4S/c1-3-19(13-6-7-24(22,23)10-13)16(21)9-15(20)18-12-5-4-11(2)14(17)8-12/h4-5,8,13H,3,6-7,9-10H2,1-2H3,(H,18,20). The van der Waals surface area contributed by atoms with Crippen molar-refractivity contribution in [2.45, 2.75) is 32.7 Å². The predicted octanol–water partition coefficient (Wildman–Crippen LogP) is 2.01. The lowest BCUT2D eigenvalue weighted by Gasteiger charge is -2.26. The van der Waals surface area contributed by atoms with E-state index in [9.17, 15) is 18.0 Å². The number of nitrogens with one attached hydrogen (secondary N) is 1. The number of sulfone groups is 1. The summed E-state index contributed by atoms with van der Waals surface area (Å²) < 4.78 is 23.2. The molecule has 0 aliphatic carbocycles. The third kappa shape index (κ3) is 4.70. The highest BCUT2D eigenvalue weighted by molar-refractivity contribution is 7.91. The van der Waals surface area contributed by atoms with Gasteiger partial charge in [-0.1, -0.05) is 17.7 Å². The smallest absolute Gasteiger partial charge is 0.233 e. The first-order valence-corrected chi connectivity index (χ1v) is 9.97. The normalized spacial score (nSPS) is 19.0. The van der Waals surface area contributed by atoms with Gasteiger partial charge >= 0.3 is 0 Å². The number of carbonyl (C=O) groups is 2. The lowest BCUT2D eigenvalue weighted by Crippen LogP contribution is -2.42. The minimum atomic E-state index is -3.08. The van der Waals surface area contributed by atoms with E-state index >= 15 is 0 Å². The van der Waals surface area contributed by atoms with Crippen molar-refractivity contribution in [3.8, 4) is 0 Å². The number of rotatable bonds is 5. The zero-order chi connectivity index (χ0) is 17.9. The zero-order valence-electron chi connectivity index (χ0n) is 13.7. The molecule has 8 heteroatoms. The maximum Gasteiger partial charge on any atom is 0.233 e. The van der Waals surface area contributed by atoms with Crippen LogP contribution >= 0.6 is 11.6 Å². The first-order valence-electron chi connectivity index (χ1n) is 7.77. The second-order valence-corrected chi connectivity index (χ2v) is 8.56. The molecule has 1 aromatic carbocycles. The number of hydrogen-bond donors (Lipinski definition) is 1. The van der Waals surface area contributed by atoms with Crippen molar-refractivity contribution >= 4 is 38.9 Å². The van der Waals surface area contributed by atoms with E-state index < -0.39 is 15.7 Å². The minimum absolute atomic E-state index is 0.0260. The first-order chi connectivity index (χ1) is 11.2. The first kappa shape index (κ1) is 18.7. The number of nitrogens with zero attached hydrogens (tertiary/aromatic N) is 1. The highest BCUT2D eigenvalue weighted by Crippen LogP contribution is 2.21. The van der Waals surface area contributed by atoms with E-state index in [4.69, 9.17) is 11.6 Å². The van der Waals surface area contributed by atoms with Crippen molar-refractivity contribution in [3.63, 3.8) is 0 Å². The van der Waals surface area contributed by atoms with Crippen LogP contribution in [0.15, 0.2) is 18.2 Å². The fourth-order valence-corrected chi connectivity index (χ4v) is 4.69. The summed E-state index contributed by atoms with van der Waals surface area (Å²) in [5, 5.41) is 3.17. The summed E-state index contributed by atoms with van der Waals surface area (Å²) in [6.45, 7) is 4.01. The van der Waals surface area contributed by atoms with E-state index in [-0.39, 0.29) is 29.9 Å². The van der Waals surface area contributed by atoms with Gasteiger partial charge in [0.2, 0.25) is 11.8 Å². The number of anilines is 1. The van der Waals surface area contributed by atoms with Crippen molar-refractivity contribution in [2.24, 2.45) is 0 Å². The number of carbonyl (C=O) groups excluding carboxylic acids is 2. The van der Waals surface area contributed by atoms with Crippen LogP contribution in [-0.4, -0.2) is 49.2 Å². The van der Waals surface area contributed by atoms with Crippen molar-refractivity contribution in [1.82, 2.24) is 4.90 Å². The molecule has 1 heterocycles. The van der Waals surface area contributed by atoms with E-state index in [1.807, 2.05) is 6.92 Å². The Morgan fingerprint density at radius 3 is 2.62 bits per heavy atom. The maximum atomic E-state index is 12.3. The van der Waals surface area contributed by atoms with Gasteiger partial charge in [-0.05, 0) is 38.0 Å². The van der Waals surface area contributed by atoms with Gasteiger partial charge in [-0.15, -0.1) is 0 Å². The number of hydrogen-bond acceptors (Lipinski definition) is 4. The van der Waals surface area contributed by atoms with Crippen molar-refractivity contribution < 1.29 is 18.0 Å². The molecule has 2 amide bonds. The highest BCUT2D eigenvalue weighted by atomic mass is 35.5. The van der Waals surface area contributed by atoms with E-state index in [2.05, 4.69) is 5.32 Å². The van der Waals surface area contributed by atoms with Crippen LogP contribution in [0.5, 0.6) is 0 Å². The summed E-state index contributed by atoms with van der Waals surface area (Å²) >= 11 is 6.01. The summed E-state index contributed by atoms with van der Waals surface area (Å²) in [6, 6.07) is 4.78. The number of aryl methyl sites for hydroxylation is 1. The number of amides is 2. The van der Waals surface area contributed by atoms with Crippen LogP contribution in [-0.2, 0) is 19.4 Å². The van der Waals surface area contributed by atoms with E-state index in [0.717, 1.165) is 5.56 Å². The Kier molecular flexibility index (Phi) is 5.87. The second-order valence-electron chi connectivity index (χ2n) is 5.93. The summed E-state index contributed by atoms with van der Waals surface area (Å²) in [4.78, 5) is 25.9. The minimum Gasteiger partial charge on any atom is -0.338 e. The van der Waals surface area contributed by atoms with Gasteiger partial charge in [0.15, 0.2) is 9.84 Å². The number of halogens is 1. The topological polar surface area (TPSA) is 83.6 Å². The Balaban J connectivity index is 1.96. The average Bonchev–Trinajstić information content (AvgIpc) is 2.83. The summed E-state index contributed by atoms with van der Waals surface area (Å²) in [7, 11) is -3.08. The van der Waals surface area contributed by atoms with Crippen molar-refractivity contribution in [3.05, 3.63) is 28.8 Å². The molecule has 1 N–H and O–H groups in total. The molecule has 1 aliphatic heterocycles. The molecule has 1 saturated heterocycles. The van der Waals surface area contributed by atoms with Crippen LogP contribution in [0.1, 0.15) is 25.3 Å². The van der Waals surface area contributed by atoms with Crippen LogP contribution in [0.25, 0.3) is 0 Å². The Bertz CT molecular complexity index is 748. The molecule has 0 bridgehead atoms. The van der Waals surface area contributed by atoms with Gasteiger partial charge in [-0.25, -0.2) is 8.42 Å². The molecule has 0 aromatic heterocycles. The Labute approximate surface area is 147 Å². The van der Waals surface area contributed by atoms with Gasteiger partial charge < -0.3 is 10.2 Å². The second kappa shape index (κ2) is 7.53. The fraction of sp³-hybridized carbons (Fsp3) is 0.500. The molecule has 1 atom stereocenters. The SMILES string of the molecule is CCN(C(=O)CC(=O)Nc1ccc(C)c(Cl)c1)C1CCS(=O)(=O)C1. The third-order valence-electron chi connectivity index (χ3n) is 4.08. The monoisotopic (exact) mass is 372 g/mol. The fourth-order valence-electron chi connectivity index (χ4n) is 2.77. The van der Waals surface area contributed by atoms with Crippen LogP contribution in [0.2, 0.25) is 5.02 Å². The van der Waals surface area contributed by atoms with Crippen molar-refractivity contribution in [1.29, 1.82) is 0 Å². The molecule has 0 radical (unpaired) electrons. The van der Waals surface area contributed by atoms with Gasteiger partial charge in [0.05, 0.1) is 11.5 Å². The molecular formula is C16H21ClN2O4S. The molecule has 1 unspecified atom stereocenters. The molecule has 1 fully saturated rings. The van der Waals surface area contributed by atoms with E-state index in [1.54, 1.807) is 25.1 Å². The Hall–Kier alpha value is -1.60. The van der Waals surface area contributed by atoms with Crippen LogP contribution in [0.4, 0.5) is 5.69 Å². The molecule has 1 aliphatic rings. The van der Waals surface area contributed by atoms with Gasteiger partial charge in [-0.2, -0.15) is 0 Å². The van der Waals surface area contributed by atoms with Crippen LogP contribution < -0.4 is 5.32 Å². The molecule has 132 valence electrons. The largest absolute Gasteiger partial charge is 0.338 e. The lowest BCUT2D eigenvalue weighted by atomic mass is 10.2. The van der Waals surface area contributed by atoms with Crippen molar-refractivity contribution in [2.75, 3.05) is 23.4 Å². The molecule has 24 heavy (non-hydrogen) atoms. The van der Waals surface area contributed by atoms with Gasteiger partial charge in [0.1, 0.15) is 6.42 Å². The Morgan fingerprint density at radius 2 is 2.08 bits per heavy atom. The van der Waals surface area contributed by atoms with Gasteiger partial charge in [0, 0.05) is 23.3 Å². The molecule has 1 aromatic rings. The molecular weight excluding hydrogens is 352 g/mol. The van der Waals surface area contributed by atoms with E-state index in [1.165, 1.54) is 4.90 Å². The maximum absolute atomic E-state index is 12.3.